The van der Waals surface area contributed by atoms with Crippen LogP contribution < -0.4 is 10.6 Å². The zero-order valence-corrected chi connectivity index (χ0v) is 19.9. The van der Waals surface area contributed by atoms with E-state index >= 15 is 0 Å². The summed E-state index contributed by atoms with van der Waals surface area (Å²) < 4.78 is 5.80. The first-order valence-electron chi connectivity index (χ1n) is 11.8. The van der Waals surface area contributed by atoms with Crippen LogP contribution in [0.2, 0.25) is 0 Å². The van der Waals surface area contributed by atoms with E-state index in [0.717, 1.165) is 22.4 Å². The van der Waals surface area contributed by atoms with Crippen LogP contribution in [0.5, 0.6) is 0 Å². The van der Waals surface area contributed by atoms with Gasteiger partial charge in [0.05, 0.1) is 0 Å². The van der Waals surface area contributed by atoms with Gasteiger partial charge in [0.1, 0.15) is 11.8 Å². The van der Waals surface area contributed by atoms with Gasteiger partial charge in [0.15, 0.2) is 11.5 Å². The lowest BCUT2D eigenvalue weighted by Crippen LogP contribution is -2.22. The van der Waals surface area contributed by atoms with Crippen LogP contribution >= 0.6 is 0 Å². The van der Waals surface area contributed by atoms with Crippen LogP contribution in [-0.2, 0) is 6.54 Å². The molecule has 3 heterocycles. The molecule has 7 nitrogen and oxygen atoms in total. The lowest BCUT2D eigenvalue weighted by atomic mass is 9.98. The number of furan rings is 1. The summed E-state index contributed by atoms with van der Waals surface area (Å²) in [5.74, 6) is 0.450. The molecule has 0 aliphatic rings. The molecule has 0 aliphatic heterocycles. The third-order valence-electron chi connectivity index (χ3n) is 5.82. The van der Waals surface area contributed by atoms with Crippen molar-refractivity contribution >= 4 is 17.4 Å². The first-order chi connectivity index (χ1) is 18.2. The predicted molar refractivity (Wildman–Crippen MR) is 141 cm³/mol. The summed E-state index contributed by atoms with van der Waals surface area (Å²) in [7, 11) is 0. The molecule has 5 aromatic rings. The number of nitrogens with one attached hydrogen (secondary N) is 2. The van der Waals surface area contributed by atoms with Gasteiger partial charge in [-0.1, -0.05) is 42.5 Å². The van der Waals surface area contributed by atoms with Crippen molar-refractivity contribution in [2.75, 3.05) is 5.32 Å². The number of hydrogen-bond acceptors (Lipinski definition) is 6. The van der Waals surface area contributed by atoms with Gasteiger partial charge in [-0.2, -0.15) is 0 Å². The molecule has 182 valence electrons. The van der Waals surface area contributed by atoms with E-state index in [9.17, 15) is 9.59 Å². The molecule has 2 N–H and O–H groups in total. The molecule has 37 heavy (non-hydrogen) atoms. The van der Waals surface area contributed by atoms with E-state index in [2.05, 4.69) is 20.6 Å². The van der Waals surface area contributed by atoms with Crippen molar-refractivity contribution in [3.8, 4) is 11.3 Å². The molecule has 7 heteroatoms. The normalized spacial score (nSPS) is 11.5. The summed E-state index contributed by atoms with van der Waals surface area (Å²) in [4.78, 5) is 34.0. The number of hydrogen-bond donors (Lipinski definition) is 2. The minimum atomic E-state index is -0.597. The highest BCUT2D eigenvalue weighted by molar-refractivity contribution is 6.02. The molecule has 1 atom stereocenters. The molecule has 0 saturated carbocycles. The first kappa shape index (κ1) is 23.7. The molecule has 0 fully saturated rings. The van der Waals surface area contributed by atoms with Gasteiger partial charge < -0.3 is 15.1 Å². The van der Waals surface area contributed by atoms with Gasteiger partial charge in [0, 0.05) is 53.7 Å². The zero-order valence-electron chi connectivity index (χ0n) is 19.9. The topological polar surface area (TPSA) is 97.1 Å². The lowest BCUT2D eigenvalue weighted by molar-refractivity contribution is 0.0923. The van der Waals surface area contributed by atoms with Gasteiger partial charge in [-0.3, -0.25) is 19.6 Å². The van der Waals surface area contributed by atoms with Crippen LogP contribution in [0.15, 0.2) is 120 Å². The molecule has 0 bridgehead atoms. The molecule has 0 radical (unpaired) electrons. The lowest BCUT2D eigenvalue weighted by Gasteiger charge is -2.19. The smallest absolute Gasteiger partial charge is 0.287 e. The van der Waals surface area contributed by atoms with Gasteiger partial charge in [-0.25, -0.2) is 0 Å². The average Bonchev–Trinajstić information content (AvgIpc) is 3.47. The van der Waals surface area contributed by atoms with E-state index in [1.54, 1.807) is 49.1 Å². The predicted octanol–water partition coefficient (Wildman–Crippen LogP) is 5.70. The highest BCUT2D eigenvalue weighted by atomic mass is 16.3. The summed E-state index contributed by atoms with van der Waals surface area (Å²) in [5.41, 5.74) is 3.87. The Morgan fingerprint density at radius 1 is 0.784 bits per heavy atom. The van der Waals surface area contributed by atoms with Crippen molar-refractivity contribution in [3.05, 3.63) is 138 Å². The van der Waals surface area contributed by atoms with E-state index in [4.69, 9.17) is 4.42 Å². The second-order valence-corrected chi connectivity index (χ2v) is 8.38. The Hall–Kier alpha value is -5.04. The van der Waals surface area contributed by atoms with Gasteiger partial charge in [-0.15, -0.1) is 0 Å². The van der Waals surface area contributed by atoms with Crippen LogP contribution in [-0.4, -0.2) is 21.7 Å². The van der Waals surface area contributed by atoms with Crippen molar-refractivity contribution in [2.24, 2.45) is 0 Å². The van der Waals surface area contributed by atoms with Crippen molar-refractivity contribution < 1.29 is 14.0 Å². The summed E-state index contributed by atoms with van der Waals surface area (Å²) in [5, 5.41) is 6.17. The van der Waals surface area contributed by atoms with Crippen LogP contribution in [0.4, 0.5) is 5.69 Å². The molecule has 3 aromatic heterocycles. The average molecular weight is 489 g/mol. The largest absolute Gasteiger partial charge is 0.451 e. The third kappa shape index (κ3) is 5.79. The van der Waals surface area contributed by atoms with Crippen molar-refractivity contribution in [2.45, 2.75) is 12.6 Å². The number of anilines is 1. The number of nitrogens with zero attached hydrogens (tertiary/aromatic N) is 2. The van der Waals surface area contributed by atoms with Crippen LogP contribution in [0, 0.1) is 0 Å². The monoisotopic (exact) mass is 488 g/mol. The molecule has 0 saturated heterocycles. The van der Waals surface area contributed by atoms with Crippen LogP contribution in [0.1, 0.15) is 38.1 Å². The Bertz CT molecular complexity index is 1470. The minimum absolute atomic E-state index is 0.0503. The number of carbonyl (C=O) groups excluding carboxylic acids is 2. The van der Waals surface area contributed by atoms with E-state index in [-0.39, 0.29) is 17.5 Å². The maximum Gasteiger partial charge on any atom is 0.287 e. The molecule has 5 rings (SSSR count). The molecule has 2 aromatic carbocycles. The first-order valence-corrected chi connectivity index (χ1v) is 11.8. The van der Waals surface area contributed by atoms with Crippen LogP contribution in [0.3, 0.4) is 0 Å². The Kier molecular flexibility index (Phi) is 7.13. The van der Waals surface area contributed by atoms with Gasteiger partial charge in [0.2, 0.25) is 0 Å². The highest BCUT2D eigenvalue weighted by Gasteiger charge is 2.22. The number of rotatable bonds is 9. The maximum atomic E-state index is 13.3. The summed E-state index contributed by atoms with van der Waals surface area (Å²) in [6, 6.07) is 26.9. The van der Waals surface area contributed by atoms with Crippen LogP contribution in [0.25, 0.3) is 11.3 Å². The summed E-state index contributed by atoms with van der Waals surface area (Å²) >= 11 is 0. The number of amides is 1. The number of pyridine rings is 2. The van der Waals surface area contributed by atoms with E-state index in [1.807, 2.05) is 66.7 Å². The zero-order chi connectivity index (χ0) is 25.5. The number of Topliss-reactive ketones (excluding diaryl/α,β-unsaturated/α-hetero) is 1. The van der Waals surface area contributed by atoms with E-state index in [1.165, 1.54) is 0 Å². The fraction of sp³-hybridized carbons (Fsp3) is 0.0667. The van der Waals surface area contributed by atoms with E-state index < -0.39 is 6.04 Å². The quantitative estimate of drug-likeness (QED) is 0.258. The van der Waals surface area contributed by atoms with Crippen molar-refractivity contribution in [1.29, 1.82) is 0 Å². The Morgan fingerprint density at radius 2 is 1.54 bits per heavy atom. The second-order valence-electron chi connectivity index (χ2n) is 8.38. The molecular weight excluding hydrogens is 464 g/mol. The van der Waals surface area contributed by atoms with Crippen molar-refractivity contribution in [3.63, 3.8) is 0 Å². The van der Waals surface area contributed by atoms with Crippen molar-refractivity contribution in [1.82, 2.24) is 15.3 Å². The SMILES string of the molecule is O=C(NCc1cccnc1)c1ccc(-c2ccc(NC(C(=O)c3ccccc3)c3cccnc3)cc2)o1. The molecular formula is C30H24N4O3. The second kappa shape index (κ2) is 11.1. The fourth-order valence-electron chi connectivity index (χ4n) is 3.90. The molecule has 1 amide bonds. The van der Waals surface area contributed by atoms with Gasteiger partial charge >= 0.3 is 0 Å². The maximum absolute atomic E-state index is 13.3. The van der Waals surface area contributed by atoms with Gasteiger partial charge in [-0.05, 0) is 54.1 Å². The Morgan fingerprint density at radius 3 is 2.24 bits per heavy atom. The van der Waals surface area contributed by atoms with Gasteiger partial charge in [0.25, 0.3) is 5.91 Å². The fourth-order valence-corrected chi connectivity index (χ4v) is 3.90. The number of ketones is 1. The number of aromatic nitrogens is 2. The molecule has 1 unspecified atom stereocenters. The number of benzene rings is 2. The molecule has 0 aliphatic carbocycles. The third-order valence-corrected chi connectivity index (χ3v) is 5.82. The van der Waals surface area contributed by atoms with E-state index in [0.29, 0.717) is 17.9 Å². The Labute approximate surface area is 214 Å². The summed E-state index contributed by atoms with van der Waals surface area (Å²) in [6.07, 6.45) is 6.76. The Balaban J connectivity index is 1.29. The standard InChI is InChI=1S/C30H24N4O3/c35-29(23-7-2-1-3-8-23)28(24-9-5-17-32-20-24)34-25-12-10-22(11-13-25)26-14-15-27(37-26)30(36)33-19-21-6-4-16-31-18-21/h1-18,20,28,34H,19H2,(H,33,36). The minimum Gasteiger partial charge on any atom is -0.451 e. The summed E-state index contributed by atoms with van der Waals surface area (Å²) in [6.45, 7) is 0.364. The molecule has 0 spiro atoms. The highest BCUT2D eigenvalue weighted by Crippen LogP contribution is 2.27. The number of carbonyl (C=O) groups is 2.